The Morgan fingerprint density at radius 2 is 1.16 bits per heavy atom. The van der Waals surface area contributed by atoms with E-state index < -0.39 is 0 Å². The third-order valence-electron chi connectivity index (χ3n) is 6.59. The Bertz CT molecular complexity index is 1570. The molecule has 0 aliphatic heterocycles. The van der Waals surface area contributed by atoms with Gasteiger partial charge in [-0.25, -0.2) is 0 Å². The van der Waals surface area contributed by atoms with E-state index in [1.54, 1.807) is 0 Å². The molecule has 0 N–H and O–H groups in total. The van der Waals surface area contributed by atoms with E-state index >= 15 is 0 Å². The molecule has 0 spiro atoms. The zero-order valence-electron chi connectivity index (χ0n) is 17.7. The Kier molecular flexibility index (Phi) is 4.50. The van der Waals surface area contributed by atoms with Crippen molar-refractivity contribution in [2.24, 2.45) is 0 Å². The molecule has 156 valence electrons. The lowest BCUT2D eigenvalue weighted by Gasteiger charge is -2.21. The van der Waals surface area contributed by atoms with Gasteiger partial charge in [-0.3, -0.25) is 0 Å². The lowest BCUT2D eigenvalue weighted by molar-refractivity contribution is 0.660. The van der Waals surface area contributed by atoms with E-state index in [4.69, 9.17) is 4.42 Å². The smallest absolute Gasteiger partial charge is 0.136 e. The summed E-state index contributed by atoms with van der Waals surface area (Å²) in [5, 5.41) is 2.29. The molecule has 5 aromatic rings. The van der Waals surface area contributed by atoms with Gasteiger partial charge in [0, 0.05) is 25.1 Å². The zero-order chi connectivity index (χ0) is 22.0. The molecule has 1 aromatic heterocycles. The van der Waals surface area contributed by atoms with Crippen molar-refractivity contribution in [3.8, 4) is 11.1 Å². The largest absolute Gasteiger partial charge is 0.456 e. The molecule has 1 heterocycles. The summed E-state index contributed by atoms with van der Waals surface area (Å²) < 4.78 is 8.25. The Morgan fingerprint density at radius 1 is 0.625 bits per heavy atom. The third-order valence-corrected chi connectivity index (χ3v) is 7.58. The van der Waals surface area contributed by atoms with Crippen molar-refractivity contribution in [2.75, 3.05) is 0 Å². The van der Waals surface area contributed by atoms with E-state index in [1.807, 2.05) is 6.07 Å². The Labute approximate surface area is 204 Å². The predicted octanol–water partition coefficient (Wildman–Crippen LogP) is 9.59. The predicted molar refractivity (Wildman–Crippen MR) is 142 cm³/mol. The van der Waals surface area contributed by atoms with E-state index in [-0.39, 0.29) is 5.41 Å². The highest BCUT2D eigenvalue weighted by molar-refractivity contribution is 9.10. The summed E-state index contributed by atoms with van der Waals surface area (Å²) in [7, 11) is 0. The van der Waals surface area contributed by atoms with Crippen LogP contribution in [0.15, 0.2) is 86.2 Å². The summed E-state index contributed by atoms with van der Waals surface area (Å²) >= 11 is 7.16. The summed E-state index contributed by atoms with van der Waals surface area (Å²) in [4.78, 5) is 0. The van der Waals surface area contributed by atoms with Gasteiger partial charge in [0.2, 0.25) is 0 Å². The van der Waals surface area contributed by atoms with Crippen LogP contribution in [0.3, 0.4) is 0 Å². The number of benzene rings is 4. The monoisotopic (exact) mass is 542 g/mol. The van der Waals surface area contributed by atoms with Crippen molar-refractivity contribution in [3.05, 3.63) is 104 Å². The third kappa shape index (κ3) is 3.10. The molecule has 0 amide bonds. The van der Waals surface area contributed by atoms with Gasteiger partial charge in [-0.05, 0) is 75.8 Å². The Hall–Kier alpha value is -2.62. The van der Waals surface area contributed by atoms with Gasteiger partial charge in [0.1, 0.15) is 11.2 Å². The highest BCUT2D eigenvalue weighted by atomic mass is 79.9. The summed E-state index contributed by atoms with van der Waals surface area (Å²) in [6.45, 7) is 4.62. The van der Waals surface area contributed by atoms with Crippen molar-refractivity contribution in [3.63, 3.8) is 0 Å². The minimum atomic E-state index is -0.0141. The van der Waals surface area contributed by atoms with Gasteiger partial charge >= 0.3 is 0 Å². The molecule has 4 aromatic carbocycles. The second-order valence-corrected chi connectivity index (χ2v) is 10.8. The minimum absolute atomic E-state index is 0.0141. The summed E-state index contributed by atoms with van der Waals surface area (Å²) in [6, 6.07) is 26.0. The van der Waals surface area contributed by atoms with Gasteiger partial charge in [0.25, 0.3) is 0 Å². The highest BCUT2D eigenvalue weighted by Gasteiger charge is 2.35. The average molecular weight is 544 g/mol. The lowest BCUT2D eigenvalue weighted by atomic mass is 9.82. The first-order valence-corrected chi connectivity index (χ1v) is 12.2. The molecule has 6 rings (SSSR count). The molecule has 1 aliphatic rings. The molecule has 32 heavy (non-hydrogen) atoms. The minimum Gasteiger partial charge on any atom is -0.456 e. The average Bonchev–Trinajstić information content (AvgIpc) is 3.23. The van der Waals surface area contributed by atoms with Gasteiger partial charge in [-0.1, -0.05) is 88.2 Å². The van der Waals surface area contributed by atoms with Crippen LogP contribution < -0.4 is 0 Å². The van der Waals surface area contributed by atoms with Crippen molar-refractivity contribution in [2.45, 2.75) is 19.3 Å². The molecular formula is C29H20Br2O. The van der Waals surface area contributed by atoms with E-state index in [1.165, 1.54) is 27.8 Å². The van der Waals surface area contributed by atoms with Gasteiger partial charge < -0.3 is 4.42 Å². The molecule has 0 bridgehead atoms. The molecule has 0 fully saturated rings. The van der Waals surface area contributed by atoms with Crippen LogP contribution in [0.4, 0.5) is 0 Å². The standard InChI is InChI=1S/C29H20Br2O/c1-29(2)25-13-17(5-9-21(25)22-11-7-19(30)15-26(22)29)3-4-18-6-10-23-24-12-8-20(31)16-28(24)32-27(23)14-18/h3-16H,1-2H3/b4-3+. The first-order chi connectivity index (χ1) is 15.4. The fraction of sp³-hybridized carbons (Fsp3) is 0.103. The number of fused-ring (bicyclic) bond motifs is 6. The number of halogens is 2. The SMILES string of the molecule is CC1(C)c2cc(Br)ccc2-c2ccc(/C=C/c3ccc4c(c3)oc3cc(Br)ccc34)cc21. The summed E-state index contributed by atoms with van der Waals surface area (Å²) in [5.41, 5.74) is 9.57. The normalized spacial score (nSPS) is 14.4. The molecule has 0 atom stereocenters. The van der Waals surface area contributed by atoms with Gasteiger partial charge in [0.05, 0.1) is 0 Å². The van der Waals surface area contributed by atoms with Crippen molar-refractivity contribution < 1.29 is 4.42 Å². The molecular weight excluding hydrogens is 524 g/mol. The maximum Gasteiger partial charge on any atom is 0.136 e. The summed E-state index contributed by atoms with van der Waals surface area (Å²) in [6.07, 6.45) is 4.35. The molecule has 0 unspecified atom stereocenters. The van der Waals surface area contributed by atoms with Gasteiger partial charge in [-0.2, -0.15) is 0 Å². The van der Waals surface area contributed by atoms with Gasteiger partial charge in [0.15, 0.2) is 0 Å². The van der Waals surface area contributed by atoms with Crippen LogP contribution in [0.5, 0.6) is 0 Å². The van der Waals surface area contributed by atoms with Crippen LogP contribution in [0.2, 0.25) is 0 Å². The Morgan fingerprint density at radius 3 is 1.94 bits per heavy atom. The number of hydrogen-bond donors (Lipinski definition) is 0. The van der Waals surface area contributed by atoms with Crippen molar-refractivity contribution in [1.29, 1.82) is 0 Å². The van der Waals surface area contributed by atoms with E-state index in [0.29, 0.717) is 0 Å². The van der Waals surface area contributed by atoms with Crippen LogP contribution in [0.1, 0.15) is 36.1 Å². The van der Waals surface area contributed by atoms with Crippen LogP contribution >= 0.6 is 31.9 Å². The molecule has 0 radical (unpaired) electrons. The number of furan rings is 1. The number of hydrogen-bond acceptors (Lipinski definition) is 1. The van der Waals surface area contributed by atoms with Crippen LogP contribution in [0, 0.1) is 0 Å². The first-order valence-electron chi connectivity index (χ1n) is 10.6. The molecule has 1 nitrogen and oxygen atoms in total. The van der Waals surface area contributed by atoms with Crippen LogP contribution in [0.25, 0.3) is 45.2 Å². The van der Waals surface area contributed by atoms with E-state index in [0.717, 1.165) is 36.4 Å². The van der Waals surface area contributed by atoms with Crippen LogP contribution in [-0.4, -0.2) is 0 Å². The van der Waals surface area contributed by atoms with E-state index in [2.05, 4.69) is 125 Å². The zero-order valence-corrected chi connectivity index (χ0v) is 20.9. The molecule has 0 saturated carbocycles. The quantitative estimate of drug-likeness (QED) is 0.202. The Balaban J connectivity index is 1.37. The maximum absolute atomic E-state index is 6.09. The highest BCUT2D eigenvalue weighted by Crippen LogP contribution is 2.49. The maximum atomic E-state index is 6.09. The lowest BCUT2D eigenvalue weighted by Crippen LogP contribution is -2.15. The summed E-state index contributed by atoms with van der Waals surface area (Å²) in [5.74, 6) is 0. The molecule has 3 heteroatoms. The van der Waals surface area contributed by atoms with Crippen molar-refractivity contribution in [1.82, 2.24) is 0 Å². The number of rotatable bonds is 2. The second kappa shape index (κ2) is 7.19. The van der Waals surface area contributed by atoms with E-state index in [9.17, 15) is 0 Å². The van der Waals surface area contributed by atoms with Gasteiger partial charge in [-0.15, -0.1) is 0 Å². The van der Waals surface area contributed by atoms with Crippen molar-refractivity contribution >= 4 is 66.0 Å². The first kappa shape index (κ1) is 20.0. The topological polar surface area (TPSA) is 13.1 Å². The molecule has 1 aliphatic carbocycles. The fourth-order valence-corrected chi connectivity index (χ4v) is 5.60. The van der Waals surface area contributed by atoms with Crippen LogP contribution in [-0.2, 0) is 5.41 Å². The fourth-order valence-electron chi connectivity index (χ4n) is 4.89. The second-order valence-electron chi connectivity index (χ2n) is 8.95. The molecule has 0 saturated heterocycles.